The van der Waals surface area contributed by atoms with Gasteiger partial charge in [-0.25, -0.2) is 0 Å². The Morgan fingerprint density at radius 1 is 1.07 bits per heavy atom. The molecular weight excluding hydrogens is 360 g/mol. The molecule has 0 fully saturated rings. The molecule has 6 heteroatoms. The number of carbonyl (C=O) groups excluding carboxylic acids is 1. The highest BCUT2D eigenvalue weighted by molar-refractivity contribution is 7.84. The van der Waals surface area contributed by atoms with E-state index >= 15 is 0 Å². The zero-order chi connectivity index (χ0) is 19.6. The van der Waals surface area contributed by atoms with Crippen molar-refractivity contribution in [3.05, 3.63) is 53.5 Å². The van der Waals surface area contributed by atoms with Gasteiger partial charge in [0, 0.05) is 18.0 Å². The highest BCUT2D eigenvalue weighted by Gasteiger charge is 2.14. The van der Waals surface area contributed by atoms with E-state index in [0.29, 0.717) is 12.3 Å². The third-order valence-electron chi connectivity index (χ3n) is 4.29. The number of nitrogens with zero attached hydrogens (tertiary/aromatic N) is 1. The minimum atomic E-state index is -1.19. The number of hydrogen-bond donors (Lipinski definition) is 1. The molecule has 0 radical (unpaired) electrons. The molecule has 27 heavy (non-hydrogen) atoms. The molecule has 0 aliphatic carbocycles. The van der Waals surface area contributed by atoms with Crippen LogP contribution in [0.4, 0.5) is 0 Å². The molecule has 0 aliphatic heterocycles. The normalized spacial score (nSPS) is 12.3. The maximum Gasteiger partial charge on any atom is 0.287 e. The maximum absolute atomic E-state index is 12.5. The fraction of sp³-hybridized carbons (Fsp3) is 0.476. The number of nitrogens with one attached hydrogen (secondary N) is 1. The van der Waals surface area contributed by atoms with Crippen LogP contribution in [0.3, 0.4) is 0 Å². The highest BCUT2D eigenvalue weighted by atomic mass is 32.2. The predicted molar refractivity (Wildman–Crippen MR) is 109 cm³/mol. The van der Waals surface area contributed by atoms with Crippen LogP contribution >= 0.6 is 0 Å². The van der Waals surface area contributed by atoms with Gasteiger partial charge in [-0.05, 0) is 56.6 Å². The van der Waals surface area contributed by atoms with E-state index in [1.54, 1.807) is 12.1 Å². The lowest BCUT2D eigenvalue weighted by atomic mass is 10.2. The SMILES string of the molecule is CCCN(CCC)CCNC(=O)c1ccc(CS(=O)c2ccccc2C)o1. The van der Waals surface area contributed by atoms with Crippen molar-refractivity contribution in [1.82, 2.24) is 10.2 Å². The van der Waals surface area contributed by atoms with E-state index in [4.69, 9.17) is 4.42 Å². The Hall–Kier alpha value is -1.92. The number of carbonyl (C=O) groups is 1. The van der Waals surface area contributed by atoms with E-state index in [1.807, 2.05) is 31.2 Å². The minimum Gasteiger partial charge on any atom is -0.455 e. The molecular formula is C21H30N2O3S. The van der Waals surface area contributed by atoms with Gasteiger partial charge in [0.2, 0.25) is 0 Å². The van der Waals surface area contributed by atoms with E-state index in [2.05, 4.69) is 24.1 Å². The summed E-state index contributed by atoms with van der Waals surface area (Å²) in [4.78, 5) is 15.4. The Balaban J connectivity index is 1.86. The summed E-state index contributed by atoms with van der Waals surface area (Å²) >= 11 is 0. The lowest BCUT2D eigenvalue weighted by Crippen LogP contribution is -2.35. The summed E-state index contributed by atoms with van der Waals surface area (Å²) in [6, 6.07) is 11.0. The first kappa shape index (κ1) is 21.4. The van der Waals surface area contributed by atoms with Crippen LogP contribution < -0.4 is 5.32 Å². The van der Waals surface area contributed by atoms with Crippen LogP contribution in [0.25, 0.3) is 0 Å². The lowest BCUT2D eigenvalue weighted by Gasteiger charge is -2.20. The Morgan fingerprint density at radius 2 is 1.78 bits per heavy atom. The molecule has 148 valence electrons. The second kappa shape index (κ2) is 11.0. The molecule has 2 aromatic rings. The molecule has 1 unspecified atom stereocenters. The van der Waals surface area contributed by atoms with Crippen LogP contribution in [0.2, 0.25) is 0 Å². The predicted octanol–water partition coefficient (Wildman–Crippen LogP) is 3.75. The fourth-order valence-electron chi connectivity index (χ4n) is 2.98. The van der Waals surface area contributed by atoms with Crippen LogP contribution in [0.15, 0.2) is 45.7 Å². The lowest BCUT2D eigenvalue weighted by molar-refractivity contribution is 0.0919. The third-order valence-corrected chi connectivity index (χ3v) is 5.79. The molecule has 1 aromatic heterocycles. The number of amides is 1. The average molecular weight is 391 g/mol. The maximum atomic E-state index is 12.5. The van der Waals surface area contributed by atoms with E-state index < -0.39 is 10.8 Å². The number of aryl methyl sites for hydroxylation is 1. The van der Waals surface area contributed by atoms with Gasteiger partial charge in [0.1, 0.15) is 5.76 Å². The van der Waals surface area contributed by atoms with Crippen LogP contribution in [-0.4, -0.2) is 41.2 Å². The topological polar surface area (TPSA) is 62.6 Å². The van der Waals surface area contributed by atoms with Crippen molar-refractivity contribution in [2.24, 2.45) is 0 Å². The average Bonchev–Trinajstić information content (AvgIpc) is 3.11. The van der Waals surface area contributed by atoms with Gasteiger partial charge in [0.25, 0.3) is 5.91 Å². The Morgan fingerprint density at radius 3 is 2.44 bits per heavy atom. The first-order valence-corrected chi connectivity index (χ1v) is 10.9. The van der Waals surface area contributed by atoms with E-state index in [0.717, 1.165) is 42.9 Å². The zero-order valence-corrected chi connectivity index (χ0v) is 17.3. The Bertz CT molecular complexity index is 751. The van der Waals surface area contributed by atoms with Crippen molar-refractivity contribution in [2.45, 2.75) is 44.3 Å². The molecule has 0 spiro atoms. The van der Waals surface area contributed by atoms with Gasteiger partial charge >= 0.3 is 0 Å². The van der Waals surface area contributed by atoms with Crippen molar-refractivity contribution in [2.75, 3.05) is 26.2 Å². The van der Waals surface area contributed by atoms with Gasteiger partial charge in [-0.2, -0.15) is 0 Å². The first-order valence-electron chi connectivity index (χ1n) is 9.58. The van der Waals surface area contributed by atoms with Crippen molar-refractivity contribution < 1.29 is 13.4 Å². The summed E-state index contributed by atoms with van der Waals surface area (Å²) in [5.41, 5.74) is 0.990. The molecule has 0 saturated heterocycles. The van der Waals surface area contributed by atoms with Gasteiger partial charge in [-0.1, -0.05) is 32.0 Å². The first-order chi connectivity index (χ1) is 13.0. The molecule has 0 bridgehead atoms. The summed E-state index contributed by atoms with van der Waals surface area (Å²) in [5, 5.41) is 2.90. The van der Waals surface area contributed by atoms with Crippen LogP contribution in [-0.2, 0) is 16.6 Å². The van der Waals surface area contributed by atoms with Crippen molar-refractivity contribution in [3.8, 4) is 0 Å². The standard InChI is InChI=1S/C21H30N2O3S/c1-4-13-23(14-5-2)15-12-22-21(24)19-11-10-18(26-19)16-27(25)20-9-7-6-8-17(20)3/h6-11H,4-5,12-16H2,1-3H3,(H,22,24). The van der Waals surface area contributed by atoms with Gasteiger partial charge in [-0.3, -0.25) is 9.00 Å². The quantitative estimate of drug-likeness (QED) is 0.635. The molecule has 1 N–H and O–H groups in total. The zero-order valence-electron chi connectivity index (χ0n) is 16.5. The summed E-state index contributed by atoms with van der Waals surface area (Å²) in [6.45, 7) is 9.76. The Labute approximate surface area is 164 Å². The van der Waals surface area contributed by atoms with E-state index in [9.17, 15) is 9.00 Å². The number of benzene rings is 1. The molecule has 1 amide bonds. The highest BCUT2D eigenvalue weighted by Crippen LogP contribution is 2.18. The van der Waals surface area contributed by atoms with Gasteiger partial charge in [0.05, 0.1) is 16.6 Å². The molecule has 5 nitrogen and oxygen atoms in total. The molecule has 1 aromatic carbocycles. The monoisotopic (exact) mass is 390 g/mol. The van der Waals surface area contributed by atoms with Gasteiger partial charge in [-0.15, -0.1) is 0 Å². The summed E-state index contributed by atoms with van der Waals surface area (Å²) in [6.07, 6.45) is 2.21. The number of rotatable bonds is 11. The van der Waals surface area contributed by atoms with E-state index in [-0.39, 0.29) is 17.4 Å². The van der Waals surface area contributed by atoms with Crippen LogP contribution in [0, 0.1) is 6.92 Å². The van der Waals surface area contributed by atoms with Gasteiger partial charge in [0.15, 0.2) is 5.76 Å². The molecule has 1 atom stereocenters. The van der Waals surface area contributed by atoms with Crippen LogP contribution in [0.1, 0.15) is 48.6 Å². The third kappa shape index (κ3) is 6.63. The largest absolute Gasteiger partial charge is 0.455 e. The molecule has 0 saturated carbocycles. The Kier molecular flexibility index (Phi) is 8.75. The second-order valence-electron chi connectivity index (χ2n) is 6.62. The van der Waals surface area contributed by atoms with Crippen molar-refractivity contribution in [3.63, 3.8) is 0 Å². The number of hydrogen-bond acceptors (Lipinski definition) is 4. The number of furan rings is 1. The molecule has 0 aliphatic rings. The van der Waals surface area contributed by atoms with Crippen LogP contribution in [0.5, 0.6) is 0 Å². The van der Waals surface area contributed by atoms with Crippen molar-refractivity contribution in [1.29, 1.82) is 0 Å². The second-order valence-corrected chi connectivity index (χ2v) is 8.04. The van der Waals surface area contributed by atoms with Gasteiger partial charge < -0.3 is 14.6 Å². The van der Waals surface area contributed by atoms with Crippen molar-refractivity contribution >= 4 is 16.7 Å². The minimum absolute atomic E-state index is 0.226. The summed E-state index contributed by atoms with van der Waals surface area (Å²) in [5.74, 6) is 0.861. The summed E-state index contributed by atoms with van der Waals surface area (Å²) < 4.78 is 18.1. The summed E-state index contributed by atoms with van der Waals surface area (Å²) in [7, 11) is -1.19. The van der Waals surface area contributed by atoms with E-state index in [1.165, 1.54) is 0 Å². The fourth-order valence-corrected chi connectivity index (χ4v) is 4.21. The smallest absolute Gasteiger partial charge is 0.287 e. The molecule has 2 rings (SSSR count). The molecule has 1 heterocycles.